The summed E-state index contributed by atoms with van der Waals surface area (Å²) in [6.07, 6.45) is 0.315. The third kappa shape index (κ3) is 5.65. The Morgan fingerprint density at radius 2 is 1.96 bits per heavy atom. The highest BCUT2D eigenvalue weighted by Gasteiger charge is 2.06. The molecule has 0 atom stereocenters. The quantitative estimate of drug-likeness (QED) is 0.548. The number of rotatable bonds is 4. The molecule has 0 unspecified atom stereocenters. The molecule has 2 rings (SSSR count). The van der Waals surface area contributed by atoms with Crippen LogP contribution in [0, 0.1) is 13.8 Å². The number of aryl methyl sites for hydroxylation is 3. The number of carbonyl (C=O) groups excluding carboxylic acids is 1. The number of hydrogen-bond donors (Lipinski definition) is 3. The zero-order valence-corrected chi connectivity index (χ0v) is 15.3. The number of benzene rings is 1. The van der Waals surface area contributed by atoms with E-state index in [-0.39, 0.29) is 5.91 Å². The number of amides is 1. The summed E-state index contributed by atoms with van der Waals surface area (Å²) in [7, 11) is 0. The summed E-state index contributed by atoms with van der Waals surface area (Å²) < 4.78 is 2.80. The van der Waals surface area contributed by atoms with Gasteiger partial charge < -0.3 is 5.32 Å². The second kappa shape index (κ2) is 8.07. The molecule has 0 fully saturated rings. The van der Waals surface area contributed by atoms with Gasteiger partial charge in [-0.25, -0.2) is 0 Å². The van der Waals surface area contributed by atoms with Crippen LogP contribution in [-0.4, -0.2) is 20.8 Å². The van der Waals surface area contributed by atoms with E-state index in [2.05, 4.69) is 37.2 Å². The van der Waals surface area contributed by atoms with Gasteiger partial charge in [-0.05, 0) is 56.4 Å². The third-order valence-electron chi connectivity index (χ3n) is 3.07. The first-order valence-electron chi connectivity index (χ1n) is 7.06. The lowest BCUT2D eigenvalue weighted by Gasteiger charge is -2.12. The molecule has 0 aliphatic rings. The van der Waals surface area contributed by atoms with E-state index in [9.17, 15) is 4.79 Å². The fourth-order valence-corrected chi connectivity index (χ4v) is 2.43. The van der Waals surface area contributed by atoms with Gasteiger partial charge in [0.25, 0.3) is 0 Å². The molecule has 23 heavy (non-hydrogen) atoms. The minimum absolute atomic E-state index is 0.155. The van der Waals surface area contributed by atoms with Crippen LogP contribution < -0.4 is 16.2 Å². The van der Waals surface area contributed by atoms with Crippen LogP contribution in [0.2, 0.25) is 0 Å². The fourth-order valence-electron chi connectivity index (χ4n) is 1.99. The lowest BCUT2D eigenvalue weighted by Crippen LogP contribution is -2.44. The van der Waals surface area contributed by atoms with Crippen LogP contribution in [0.4, 0.5) is 5.69 Å². The van der Waals surface area contributed by atoms with Crippen molar-refractivity contribution in [2.45, 2.75) is 26.8 Å². The summed E-state index contributed by atoms with van der Waals surface area (Å²) in [5.74, 6) is -0.155. The monoisotopic (exact) mass is 395 g/mol. The number of nitrogens with zero attached hydrogens (tertiary/aromatic N) is 2. The Balaban J connectivity index is 1.72. The van der Waals surface area contributed by atoms with Gasteiger partial charge in [-0.1, -0.05) is 15.9 Å². The van der Waals surface area contributed by atoms with Crippen molar-refractivity contribution >= 4 is 44.9 Å². The summed E-state index contributed by atoms with van der Waals surface area (Å²) >= 11 is 8.49. The van der Waals surface area contributed by atoms with Gasteiger partial charge >= 0.3 is 0 Å². The van der Waals surface area contributed by atoms with Crippen LogP contribution in [0.5, 0.6) is 0 Å². The van der Waals surface area contributed by atoms with Crippen LogP contribution in [-0.2, 0) is 11.3 Å². The van der Waals surface area contributed by atoms with E-state index >= 15 is 0 Å². The smallest absolute Gasteiger partial charge is 0.240 e. The second-order valence-electron chi connectivity index (χ2n) is 5.03. The van der Waals surface area contributed by atoms with Crippen molar-refractivity contribution < 1.29 is 4.79 Å². The predicted octanol–water partition coefficient (Wildman–Crippen LogP) is 2.67. The highest BCUT2D eigenvalue weighted by atomic mass is 79.9. The zero-order valence-electron chi connectivity index (χ0n) is 12.9. The van der Waals surface area contributed by atoms with Gasteiger partial charge in [-0.15, -0.1) is 0 Å². The highest BCUT2D eigenvalue weighted by molar-refractivity contribution is 9.10. The number of hydrazine groups is 1. The molecule has 1 aromatic heterocycles. The molecule has 122 valence electrons. The van der Waals surface area contributed by atoms with Gasteiger partial charge in [0.2, 0.25) is 5.91 Å². The van der Waals surface area contributed by atoms with Crippen molar-refractivity contribution in [3.8, 4) is 0 Å². The molecular formula is C15H18BrN5OS. The van der Waals surface area contributed by atoms with Gasteiger partial charge in [0.1, 0.15) is 0 Å². The zero-order chi connectivity index (χ0) is 16.8. The van der Waals surface area contributed by atoms with E-state index < -0.39 is 0 Å². The Hall–Kier alpha value is -1.93. The minimum atomic E-state index is -0.155. The lowest BCUT2D eigenvalue weighted by molar-refractivity contribution is -0.121. The number of nitrogens with one attached hydrogen (secondary N) is 3. The van der Waals surface area contributed by atoms with Crippen molar-refractivity contribution in [1.82, 2.24) is 20.6 Å². The number of hydrogen-bond acceptors (Lipinski definition) is 3. The van der Waals surface area contributed by atoms with E-state index in [0.717, 1.165) is 21.5 Å². The molecule has 1 heterocycles. The Bertz CT molecular complexity index is 698. The standard InChI is InChI=1S/C15H18BrN5OS/c1-10-9-11(2)21(20-10)8-7-14(22)18-19-15(23)17-13-5-3-12(16)4-6-13/h3-6,9H,7-8H2,1-2H3,(H,18,22)(H2,17,19,23). The van der Waals surface area contributed by atoms with Crippen LogP contribution in [0.1, 0.15) is 17.8 Å². The van der Waals surface area contributed by atoms with Crippen molar-refractivity contribution in [3.05, 3.63) is 46.2 Å². The molecule has 0 saturated heterocycles. The van der Waals surface area contributed by atoms with E-state index in [1.165, 1.54) is 0 Å². The van der Waals surface area contributed by atoms with E-state index in [1.807, 2.05) is 48.9 Å². The molecule has 3 N–H and O–H groups in total. The summed E-state index contributed by atoms with van der Waals surface area (Å²) in [5.41, 5.74) is 8.07. The first-order valence-corrected chi connectivity index (χ1v) is 8.26. The fraction of sp³-hybridized carbons (Fsp3) is 0.267. The molecule has 0 spiro atoms. The first-order chi connectivity index (χ1) is 10.9. The summed E-state index contributed by atoms with van der Waals surface area (Å²) in [5, 5.41) is 7.62. The molecule has 0 bridgehead atoms. The summed E-state index contributed by atoms with van der Waals surface area (Å²) in [6, 6.07) is 9.54. The number of anilines is 1. The highest BCUT2D eigenvalue weighted by Crippen LogP contribution is 2.13. The van der Waals surface area contributed by atoms with Gasteiger partial charge in [0, 0.05) is 22.3 Å². The Morgan fingerprint density at radius 1 is 1.26 bits per heavy atom. The van der Waals surface area contributed by atoms with E-state index in [1.54, 1.807) is 0 Å². The molecule has 6 nitrogen and oxygen atoms in total. The molecule has 0 aliphatic carbocycles. The number of aromatic nitrogens is 2. The maximum Gasteiger partial charge on any atom is 0.240 e. The molecular weight excluding hydrogens is 378 g/mol. The summed E-state index contributed by atoms with van der Waals surface area (Å²) in [4.78, 5) is 11.8. The van der Waals surface area contributed by atoms with Crippen molar-refractivity contribution in [2.24, 2.45) is 0 Å². The average Bonchev–Trinajstić information content (AvgIpc) is 2.83. The average molecular weight is 396 g/mol. The summed E-state index contributed by atoms with van der Waals surface area (Å²) in [6.45, 7) is 4.42. The second-order valence-corrected chi connectivity index (χ2v) is 6.36. The minimum Gasteiger partial charge on any atom is -0.331 e. The maximum absolute atomic E-state index is 11.8. The van der Waals surface area contributed by atoms with Crippen LogP contribution in [0.25, 0.3) is 0 Å². The molecule has 1 aromatic carbocycles. The first kappa shape index (κ1) is 17.4. The van der Waals surface area contributed by atoms with Gasteiger partial charge in [-0.2, -0.15) is 5.10 Å². The molecule has 2 aromatic rings. The molecule has 0 saturated carbocycles. The Morgan fingerprint density at radius 3 is 2.57 bits per heavy atom. The SMILES string of the molecule is Cc1cc(C)n(CCC(=O)NNC(=S)Nc2ccc(Br)cc2)n1. The van der Waals surface area contributed by atoms with Gasteiger partial charge in [-0.3, -0.25) is 20.3 Å². The van der Waals surface area contributed by atoms with Crippen molar-refractivity contribution in [2.75, 3.05) is 5.32 Å². The number of thiocarbonyl (C=S) groups is 1. The number of carbonyl (C=O) groups is 1. The third-order valence-corrected chi connectivity index (χ3v) is 3.80. The van der Waals surface area contributed by atoms with Crippen molar-refractivity contribution in [3.63, 3.8) is 0 Å². The lowest BCUT2D eigenvalue weighted by atomic mass is 10.3. The largest absolute Gasteiger partial charge is 0.331 e. The van der Waals surface area contributed by atoms with E-state index in [0.29, 0.717) is 18.1 Å². The van der Waals surface area contributed by atoms with Gasteiger partial charge in [0.15, 0.2) is 5.11 Å². The molecule has 8 heteroatoms. The van der Waals surface area contributed by atoms with Crippen LogP contribution in [0.15, 0.2) is 34.8 Å². The van der Waals surface area contributed by atoms with Crippen LogP contribution in [0.3, 0.4) is 0 Å². The Kier molecular flexibility index (Phi) is 6.12. The molecule has 0 aliphatic heterocycles. The Labute approximate surface area is 148 Å². The number of halogens is 1. The van der Waals surface area contributed by atoms with Crippen molar-refractivity contribution in [1.29, 1.82) is 0 Å². The maximum atomic E-state index is 11.8. The topological polar surface area (TPSA) is 71.0 Å². The molecule has 0 radical (unpaired) electrons. The molecule has 1 amide bonds. The normalized spacial score (nSPS) is 10.2. The van der Waals surface area contributed by atoms with Crippen LogP contribution >= 0.6 is 28.1 Å². The van der Waals surface area contributed by atoms with E-state index in [4.69, 9.17) is 12.2 Å². The predicted molar refractivity (Wildman–Crippen MR) is 98.0 cm³/mol. The van der Waals surface area contributed by atoms with Gasteiger partial charge in [0.05, 0.1) is 12.2 Å².